The summed E-state index contributed by atoms with van der Waals surface area (Å²) < 4.78 is 3.19. The quantitative estimate of drug-likeness (QED) is 0.381. The monoisotopic (exact) mass is 467 g/mol. The smallest absolute Gasteiger partial charge is 0.274 e. The van der Waals surface area contributed by atoms with E-state index in [0.717, 1.165) is 16.7 Å². The number of hydrogen-bond acceptors (Lipinski definition) is 5. The molecule has 0 aliphatic heterocycles. The molecule has 5 aromatic rings. The minimum atomic E-state index is -0.353. The van der Waals surface area contributed by atoms with Gasteiger partial charge in [-0.3, -0.25) is 14.3 Å². The van der Waals surface area contributed by atoms with E-state index in [1.807, 2.05) is 62.4 Å². The van der Waals surface area contributed by atoms with E-state index in [0.29, 0.717) is 24.2 Å². The molecule has 2 aromatic carbocycles. The number of carbonyl (C=O) groups is 1. The topological polar surface area (TPSA) is 110 Å². The van der Waals surface area contributed by atoms with Gasteiger partial charge in [-0.15, -0.1) is 0 Å². The molecule has 0 fully saturated rings. The lowest BCUT2D eigenvalue weighted by Gasteiger charge is -2.18. The van der Waals surface area contributed by atoms with Crippen LogP contribution in [-0.4, -0.2) is 35.3 Å². The van der Waals surface area contributed by atoms with Crippen molar-refractivity contribution in [3.8, 4) is 11.3 Å². The van der Waals surface area contributed by atoms with Gasteiger partial charge in [-0.05, 0) is 48.6 Å². The SMILES string of the molecule is Cc1ccc(-c2cn3nc(C(=O)NC(CCn4cncn4)c4ccccc4)cc3c(=O)[nH]2)cc1C. The summed E-state index contributed by atoms with van der Waals surface area (Å²) in [6.07, 6.45) is 5.48. The molecular formula is C26H25N7O2. The van der Waals surface area contributed by atoms with Crippen LogP contribution in [0.4, 0.5) is 0 Å². The zero-order valence-corrected chi connectivity index (χ0v) is 19.5. The van der Waals surface area contributed by atoms with E-state index in [1.165, 1.54) is 22.5 Å². The maximum atomic E-state index is 13.2. The first-order valence-electron chi connectivity index (χ1n) is 11.4. The van der Waals surface area contributed by atoms with Crippen molar-refractivity contribution in [2.45, 2.75) is 32.9 Å². The average molecular weight is 468 g/mol. The van der Waals surface area contributed by atoms with Gasteiger partial charge in [0, 0.05) is 12.6 Å². The predicted octanol–water partition coefficient (Wildman–Crippen LogP) is 3.46. The van der Waals surface area contributed by atoms with E-state index in [2.05, 4.69) is 25.5 Å². The number of amides is 1. The largest absolute Gasteiger partial charge is 0.344 e. The Kier molecular flexibility index (Phi) is 5.97. The lowest BCUT2D eigenvalue weighted by atomic mass is 10.0. The number of rotatable bonds is 7. The van der Waals surface area contributed by atoms with Crippen LogP contribution in [0.15, 0.2) is 78.2 Å². The molecule has 9 heteroatoms. The first kappa shape index (κ1) is 22.3. The van der Waals surface area contributed by atoms with Crippen LogP contribution in [-0.2, 0) is 6.54 Å². The number of hydrogen-bond donors (Lipinski definition) is 2. The molecule has 0 saturated carbocycles. The summed E-state index contributed by atoms with van der Waals surface area (Å²) in [5.74, 6) is -0.353. The Labute approximate surface area is 201 Å². The predicted molar refractivity (Wildman–Crippen MR) is 132 cm³/mol. The first-order chi connectivity index (χ1) is 17.0. The van der Waals surface area contributed by atoms with E-state index in [1.54, 1.807) is 17.2 Å². The number of fused-ring (bicyclic) bond motifs is 1. The number of aromatic amines is 1. The summed E-state index contributed by atoms with van der Waals surface area (Å²) in [7, 11) is 0. The van der Waals surface area contributed by atoms with Gasteiger partial charge in [-0.2, -0.15) is 10.2 Å². The van der Waals surface area contributed by atoms with E-state index >= 15 is 0 Å². The highest BCUT2D eigenvalue weighted by molar-refractivity contribution is 5.93. The van der Waals surface area contributed by atoms with Crippen molar-refractivity contribution < 1.29 is 4.79 Å². The van der Waals surface area contributed by atoms with Crippen LogP contribution < -0.4 is 10.9 Å². The van der Waals surface area contributed by atoms with Crippen molar-refractivity contribution in [1.82, 2.24) is 34.7 Å². The summed E-state index contributed by atoms with van der Waals surface area (Å²) in [5.41, 5.74) is 4.96. The van der Waals surface area contributed by atoms with Crippen molar-refractivity contribution in [3.05, 3.63) is 106 Å². The van der Waals surface area contributed by atoms with Gasteiger partial charge in [0.25, 0.3) is 11.5 Å². The molecule has 1 atom stereocenters. The highest BCUT2D eigenvalue weighted by Crippen LogP contribution is 2.21. The number of aromatic nitrogens is 6. The van der Waals surface area contributed by atoms with E-state index < -0.39 is 0 Å². The zero-order valence-electron chi connectivity index (χ0n) is 19.5. The third kappa shape index (κ3) is 4.74. The zero-order chi connectivity index (χ0) is 24.4. The fraction of sp³-hybridized carbons (Fsp3) is 0.192. The van der Waals surface area contributed by atoms with Crippen molar-refractivity contribution in [1.29, 1.82) is 0 Å². The highest BCUT2D eigenvalue weighted by Gasteiger charge is 2.19. The summed E-state index contributed by atoms with van der Waals surface area (Å²) in [6, 6.07) is 17.0. The molecule has 0 aliphatic rings. The van der Waals surface area contributed by atoms with E-state index in [-0.39, 0.29) is 23.2 Å². The standard InChI is InChI=1S/C26H25N7O2/c1-17-8-9-20(12-18(17)2)23-14-33-24(26(35)30-23)13-22(31-33)25(34)29-21(19-6-4-3-5-7-19)10-11-32-16-27-15-28-32/h3-9,12-16,21H,10-11H2,1-2H3,(H,29,34)(H,30,35). The number of nitrogens with zero attached hydrogens (tertiary/aromatic N) is 5. The minimum absolute atomic E-state index is 0.175. The van der Waals surface area contributed by atoms with Crippen LogP contribution in [0.3, 0.4) is 0 Å². The molecule has 3 heterocycles. The highest BCUT2D eigenvalue weighted by atomic mass is 16.2. The van der Waals surface area contributed by atoms with Crippen LogP contribution in [0, 0.1) is 13.8 Å². The molecule has 0 saturated heterocycles. The fourth-order valence-corrected chi connectivity index (χ4v) is 4.02. The Hall–Kier alpha value is -4.53. The molecule has 0 radical (unpaired) electrons. The molecular weight excluding hydrogens is 442 g/mol. The molecule has 5 rings (SSSR count). The molecule has 35 heavy (non-hydrogen) atoms. The third-order valence-electron chi connectivity index (χ3n) is 6.14. The van der Waals surface area contributed by atoms with Crippen LogP contribution >= 0.6 is 0 Å². The molecule has 3 aromatic heterocycles. The van der Waals surface area contributed by atoms with Gasteiger partial charge < -0.3 is 10.3 Å². The second kappa shape index (κ2) is 9.38. The van der Waals surface area contributed by atoms with Gasteiger partial charge in [0.05, 0.1) is 17.9 Å². The molecule has 1 amide bonds. The number of carbonyl (C=O) groups excluding carboxylic acids is 1. The Morgan fingerprint density at radius 3 is 2.66 bits per heavy atom. The van der Waals surface area contributed by atoms with Crippen LogP contribution in [0.2, 0.25) is 0 Å². The van der Waals surface area contributed by atoms with Crippen molar-refractivity contribution in [2.75, 3.05) is 0 Å². The molecule has 0 bridgehead atoms. The molecule has 0 aliphatic carbocycles. The second-order valence-corrected chi connectivity index (χ2v) is 8.54. The lowest BCUT2D eigenvalue weighted by Crippen LogP contribution is -2.29. The fourth-order valence-electron chi connectivity index (χ4n) is 4.02. The first-order valence-corrected chi connectivity index (χ1v) is 11.4. The average Bonchev–Trinajstić information content (AvgIpc) is 3.54. The number of H-pyrrole nitrogens is 1. The van der Waals surface area contributed by atoms with Gasteiger partial charge in [-0.1, -0.05) is 42.5 Å². The Bertz CT molecular complexity index is 1540. The van der Waals surface area contributed by atoms with E-state index in [4.69, 9.17) is 0 Å². The summed E-state index contributed by atoms with van der Waals surface area (Å²) in [5, 5.41) is 11.6. The van der Waals surface area contributed by atoms with Crippen molar-refractivity contribution in [3.63, 3.8) is 0 Å². The Balaban J connectivity index is 1.42. The van der Waals surface area contributed by atoms with Gasteiger partial charge in [0.15, 0.2) is 5.69 Å². The number of nitrogens with one attached hydrogen (secondary N) is 2. The van der Waals surface area contributed by atoms with Crippen molar-refractivity contribution >= 4 is 11.4 Å². The Morgan fingerprint density at radius 1 is 1.09 bits per heavy atom. The third-order valence-corrected chi connectivity index (χ3v) is 6.14. The Morgan fingerprint density at radius 2 is 1.91 bits per heavy atom. The van der Waals surface area contributed by atoms with Gasteiger partial charge in [-0.25, -0.2) is 9.50 Å². The summed E-state index contributed by atoms with van der Waals surface area (Å²) in [6.45, 7) is 4.65. The minimum Gasteiger partial charge on any atom is -0.344 e. The summed E-state index contributed by atoms with van der Waals surface area (Å²) >= 11 is 0. The second-order valence-electron chi connectivity index (χ2n) is 8.54. The van der Waals surface area contributed by atoms with Crippen LogP contribution in [0.5, 0.6) is 0 Å². The van der Waals surface area contributed by atoms with Crippen molar-refractivity contribution in [2.24, 2.45) is 0 Å². The molecule has 1 unspecified atom stereocenters. The molecule has 9 nitrogen and oxygen atoms in total. The summed E-state index contributed by atoms with van der Waals surface area (Å²) in [4.78, 5) is 32.8. The van der Waals surface area contributed by atoms with Crippen LogP contribution in [0.25, 0.3) is 16.8 Å². The maximum absolute atomic E-state index is 13.2. The number of aryl methyl sites for hydroxylation is 3. The number of benzene rings is 2. The molecule has 176 valence electrons. The molecule has 0 spiro atoms. The van der Waals surface area contributed by atoms with Crippen LogP contribution in [0.1, 0.15) is 39.6 Å². The van der Waals surface area contributed by atoms with E-state index in [9.17, 15) is 9.59 Å². The van der Waals surface area contributed by atoms with Gasteiger partial charge in [0.1, 0.15) is 18.2 Å². The normalized spacial score (nSPS) is 12.1. The van der Waals surface area contributed by atoms with Gasteiger partial charge in [0.2, 0.25) is 0 Å². The molecule has 2 N–H and O–H groups in total. The maximum Gasteiger partial charge on any atom is 0.274 e. The van der Waals surface area contributed by atoms with Gasteiger partial charge >= 0.3 is 0 Å². The lowest BCUT2D eigenvalue weighted by molar-refractivity contribution is 0.0928.